The Morgan fingerprint density at radius 1 is 1.26 bits per heavy atom. The molecule has 1 heterocycles. The molecule has 5 heteroatoms. The number of phenolic OH excluding ortho intramolecular Hbond substituents is 1. The van der Waals surface area contributed by atoms with Gasteiger partial charge in [0.05, 0.1) is 18.9 Å². The maximum Gasteiger partial charge on any atom is 0.240 e. The van der Waals surface area contributed by atoms with E-state index in [9.17, 15) is 9.90 Å². The largest absolute Gasteiger partial charge is 0.508 e. The van der Waals surface area contributed by atoms with E-state index in [2.05, 4.69) is 5.10 Å². The normalized spacial score (nSPS) is 17.0. The van der Waals surface area contributed by atoms with E-state index in [1.54, 1.807) is 19.2 Å². The summed E-state index contributed by atoms with van der Waals surface area (Å²) >= 11 is 0. The molecule has 0 unspecified atom stereocenters. The predicted molar refractivity (Wildman–Crippen MR) is 87.5 cm³/mol. The summed E-state index contributed by atoms with van der Waals surface area (Å²) in [4.78, 5) is 12.0. The van der Waals surface area contributed by atoms with Crippen LogP contribution in [-0.2, 0) is 4.79 Å². The molecule has 2 aromatic rings. The van der Waals surface area contributed by atoms with Crippen LogP contribution in [0.1, 0.15) is 30.5 Å². The number of rotatable bonds is 3. The summed E-state index contributed by atoms with van der Waals surface area (Å²) in [6.45, 7) is 1.48. The summed E-state index contributed by atoms with van der Waals surface area (Å²) in [5.74, 6) is 0.757. The summed E-state index contributed by atoms with van der Waals surface area (Å²) in [5.41, 5.74) is 2.41. The molecule has 0 spiro atoms. The number of amides is 1. The number of ether oxygens (including phenoxy) is 1. The number of nitrogens with zero attached hydrogens (tertiary/aromatic N) is 2. The van der Waals surface area contributed by atoms with Gasteiger partial charge in [0, 0.05) is 24.5 Å². The Balaban J connectivity index is 1.97. The molecule has 2 aromatic carbocycles. The maximum absolute atomic E-state index is 12.0. The van der Waals surface area contributed by atoms with Crippen LogP contribution < -0.4 is 4.74 Å². The lowest BCUT2D eigenvalue weighted by Gasteiger charge is -2.21. The Labute approximate surface area is 134 Å². The fourth-order valence-corrected chi connectivity index (χ4v) is 2.79. The minimum atomic E-state index is -0.296. The molecule has 1 amide bonds. The van der Waals surface area contributed by atoms with Crippen LogP contribution in [0.15, 0.2) is 53.6 Å². The lowest BCUT2D eigenvalue weighted by molar-refractivity contribution is -0.130. The molecule has 1 aliphatic rings. The summed E-state index contributed by atoms with van der Waals surface area (Å²) in [6.07, 6.45) is 0.546. The Morgan fingerprint density at radius 3 is 2.74 bits per heavy atom. The molecule has 0 aliphatic carbocycles. The summed E-state index contributed by atoms with van der Waals surface area (Å²) < 4.78 is 5.24. The third-order valence-corrected chi connectivity index (χ3v) is 3.93. The molecular weight excluding hydrogens is 292 g/mol. The lowest BCUT2D eigenvalue weighted by Crippen LogP contribution is -2.24. The number of benzene rings is 2. The van der Waals surface area contributed by atoms with Crippen LogP contribution in [0.2, 0.25) is 0 Å². The lowest BCUT2D eigenvalue weighted by atomic mass is 9.97. The smallest absolute Gasteiger partial charge is 0.240 e. The van der Waals surface area contributed by atoms with Gasteiger partial charge in [-0.15, -0.1) is 0 Å². The van der Waals surface area contributed by atoms with Crippen molar-refractivity contribution in [1.29, 1.82) is 0 Å². The average molecular weight is 310 g/mol. The average Bonchev–Trinajstić information content (AvgIpc) is 3.01. The molecule has 3 rings (SSSR count). The topological polar surface area (TPSA) is 62.1 Å². The van der Waals surface area contributed by atoms with Crippen LogP contribution in [0.4, 0.5) is 0 Å². The van der Waals surface area contributed by atoms with E-state index >= 15 is 0 Å². The number of methoxy groups -OCH3 is 1. The van der Waals surface area contributed by atoms with Crippen molar-refractivity contribution < 1.29 is 14.6 Å². The first-order chi connectivity index (χ1) is 11.1. The number of hydrazone groups is 1. The fourth-order valence-electron chi connectivity index (χ4n) is 2.79. The zero-order valence-electron chi connectivity index (χ0n) is 13.1. The highest BCUT2D eigenvalue weighted by Crippen LogP contribution is 2.37. The number of aromatic hydroxyl groups is 1. The maximum atomic E-state index is 12.0. The van der Waals surface area contributed by atoms with Gasteiger partial charge in [0.25, 0.3) is 0 Å². The number of para-hydroxylation sites is 1. The Hall–Kier alpha value is -2.82. The van der Waals surface area contributed by atoms with Crippen molar-refractivity contribution in [3.05, 3.63) is 59.7 Å². The van der Waals surface area contributed by atoms with Crippen LogP contribution in [-0.4, -0.2) is 28.8 Å². The van der Waals surface area contributed by atoms with E-state index in [1.807, 2.05) is 36.4 Å². The SMILES string of the molecule is COc1cccc(C2=NN(C(C)=O)[C@@H](c3ccccc3O)C2)c1. The van der Waals surface area contributed by atoms with Gasteiger partial charge in [-0.3, -0.25) is 4.79 Å². The minimum Gasteiger partial charge on any atom is -0.508 e. The zero-order chi connectivity index (χ0) is 16.4. The molecule has 1 atom stereocenters. The first-order valence-corrected chi connectivity index (χ1v) is 7.39. The van der Waals surface area contributed by atoms with Crippen LogP contribution in [0.25, 0.3) is 0 Å². The number of hydrogen-bond donors (Lipinski definition) is 1. The molecule has 23 heavy (non-hydrogen) atoms. The van der Waals surface area contributed by atoms with Crippen molar-refractivity contribution in [2.24, 2.45) is 5.10 Å². The van der Waals surface area contributed by atoms with Crippen molar-refractivity contribution in [2.75, 3.05) is 7.11 Å². The second kappa shape index (κ2) is 6.12. The van der Waals surface area contributed by atoms with E-state index in [0.29, 0.717) is 12.0 Å². The van der Waals surface area contributed by atoms with Gasteiger partial charge in [-0.2, -0.15) is 5.10 Å². The first kappa shape index (κ1) is 15.1. The number of phenols is 1. The minimum absolute atomic E-state index is 0.156. The third-order valence-electron chi connectivity index (χ3n) is 3.93. The first-order valence-electron chi connectivity index (χ1n) is 7.39. The van der Waals surface area contributed by atoms with E-state index in [1.165, 1.54) is 11.9 Å². The van der Waals surface area contributed by atoms with Crippen molar-refractivity contribution in [3.63, 3.8) is 0 Å². The van der Waals surface area contributed by atoms with E-state index in [-0.39, 0.29) is 17.7 Å². The Morgan fingerprint density at radius 2 is 2.04 bits per heavy atom. The number of hydrogen-bond acceptors (Lipinski definition) is 4. The highest BCUT2D eigenvalue weighted by atomic mass is 16.5. The van der Waals surface area contributed by atoms with Gasteiger partial charge in [0.1, 0.15) is 11.5 Å². The Kier molecular flexibility index (Phi) is 4.02. The summed E-state index contributed by atoms with van der Waals surface area (Å²) in [5, 5.41) is 16.0. The summed E-state index contributed by atoms with van der Waals surface area (Å²) in [7, 11) is 1.61. The fraction of sp³-hybridized carbons (Fsp3) is 0.222. The zero-order valence-corrected chi connectivity index (χ0v) is 13.1. The summed E-state index contributed by atoms with van der Waals surface area (Å²) in [6, 6.07) is 14.3. The van der Waals surface area contributed by atoms with Gasteiger partial charge in [-0.25, -0.2) is 5.01 Å². The molecule has 0 saturated heterocycles. The van der Waals surface area contributed by atoms with Gasteiger partial charge in [-0.1, -0.05) is 30.3 Å². The second-order valence-corrected chi connectivity index (χ2v) is 5.42. The van der Waals surface area contributed by atoms with Crippen molar-refractivity contribution in [1.82, 2.24) is 5.01 Å². The van der Waals surface area contributed by atoms with E-state index < -0.39 is 0 Å². The molecule has 0 fully saturated rings. The van der Waals surface area contributed by atoms with Crippen molar-refractivity contribution >= 4 is 11.6 Å². The third kappa shape index (κ3) is 2.90. The number of carbonyl (C=O) groups is 1. The Bertz CT molecular complexity index is 770. The molecule has 1 aliphatic heterocycles. The quantitative estimate of drug-likeness (QED) is 0.947. The van der Waals surface area contributed by atoms with Gasteiger partial charge >= 0.3 is 0 Å². The standard InChI is InChI=1S/C18H18N2O3/c1-12(21)20-17(15-8-3-4-9-18(15)22)11-16(19-20)13-6-5-7-14(10-13)23-2/h3-10,17,22H,11H2,1-2H3/t17-/m1/s1. The molecule has 0 saturated carbocycles. The van der Waals surface area contributed by atoms with Crippen LogP contribution in [0.3, 0.4) is 0 Å². The van der Waals surface area contributed by atoms with Gasteiger partial charge < -0.3 is 9.84 Å². The monoisotopic (exact) mass is 310 g/mol. The highest BCUT2D eigenvalue weighted by molar-refractivity contribution is 6.03. The van der Waals surface area contributed by atoms with Crippen LogP contribution in [0.5, 0.6) is 11.5 Å². The van der Waals surface area contributed by atoms with Crippen LogP contribution >= 0.6 is 0 Å². The van der Waals surface area contributed by atoms with E-state index in [4.69, 9.17) is 4.74 Å². The molecule has 118 valence electrons. The molecule has 0 radical (unpaired) electrons. The second-order valence-electron chi connectivity index (χ2n) is 5.42. The number of carbonyl (C=O) groups excluding carboxylic acids is 1. The van der Waals surface area contributed by atoms with Gasteiger partial charge in [0.2, 0.25) is 5.91 Å². The van der Waals surface area contributed by atoms with Crippen LogP contribution in [0, 0.1) is 0 Å². The highest BCUT2D eigenvalue weighted by Gasteiger charge is 2.32. The van der Waals surface area contributed by atoms with E-state index in [0.717, 1.165) is 17.0 Å². The predicted octanol–water partition coefficient (Wildman–Crippen LogP) is 3.10. The van der Waals surface area contributed by atoms with Gasteiger partial charge in [-0.05, 0) is 18.2 Å². The van der Waals surface area contributed by atoms with Crippen molar-refractivity contribution in [2.45, 2.75) is 19.4 Å². The molecule has 5 nitrogen and oxygen atoms in total. The molecule has 1 N–H and O–H groups in total. The van der Waals surface area contributed by atoms with Crippen molar-refractivity contribution in [3.8, 4) is 11.5 Å². The molecular formula is C18H18N2O3. The molecule has 0 aromatic heterocycles. The van der Waals surface area contributed by atoms with Gasteiger partial charge in [0.15, 0.2) is 0 Å². The molecule has 0 bridgehead atoms.